The smallest absolute Gasteiger partial charge is 0.327 e. The van der Waals surface area contributed by atoms with Crippen LogP contribution in [0.4, 0.5) is 4.79 Å². The second-order valence-corrected chi connectivity index (χ2v) is 6.42. The largest absolute Gasteiger partial charge is 0.480 e. The molecule has 2 unspecified atom stereocenters. The Morgan fingerprint density at radius 2 is 2.19 bits per heavy atom. The molecule has 0 aromatic heterocycles. The zero-order valence-electron chi connectivity index (χ0n) is 12.1. The normalized spacial score (nSPS) is 26.4. The Kier molecular flexibility index (Phi) is 5.33. The third-order valence-corrected chi connectivity index (χ3v) is 5.07. The minimum absolute atomic E-state index is 0.0685. The molecule has 2 rings (SSSR count). The Labute approximate surface area is 128 Å². The number of thioether (sulfide) groups is 1. The molecule has 7 nitrogen and oxygen atoms in total. The van der Waals surface area contributed by atoms with E-state index in [4.69, 9.17) is 0 Å². The van der Waals surface area contributed by atoms with Crippen LogP contribution in [0.2, 0.25) is 0 Å². The number of nitrogens with zero attached hydrogens (tertiary/aromatic N) is 2. The zero-order chi connectivity index (χ0) is 15.4. The molecule has 2 heterocycles. The number of nitrogens with one attached hydrogen (secondary N) is 1. The van der Waals surface area contributed by atoms with Crippen LogP contribution in [0.5, 0.6) is 0 Å². The SMILES string of the molecule is CCCC1SCC(C(=O)O)N1C(=O)N1CCNC(=O)CC1. The van der Waals surface area contributed by atoms with Crippen LogP contribution in [0.15, 0.2) is 0 Å². The Bertz CT molecular complexity index is 432. The lowest BCUT2D eigenvalue weighted by Gasteiger charge is -2.32. The van der Waals surface area contributed by atoms with Crippen LogP contribution in [0.25, 0.3) is 0 Å². The summed E-state index contributed by atoms with van der Waals surface area (Å²) in [5.41, 5.74) is 0. The van der Waals surface area contributed by atoms with Crippen LogP contribution in [-0.4, -0.2) is 69.6 Å². The molecule has 3 amide bonds. The van der Waals surface area contributed by atoms with Gasteiger partial charge < -0.3 is 15.3 Å². The van der Waals surface area contributed by atoms with Crippen molar-refractivity contribution in [2.75, 3.05) is 25.4 Å². The maximum atomic E-state index is 12.7. The minimum atomic E-state index is -0.960. The number of carboxylic acids is 1. The van der Waals surface area contributed by atoms with Gasteiger partial charge in [-0.05, 0) is 6.42 Å². The third kappa shape index (κ3) is 3.61. The van der Waals surface area contributed by atoms with Crippen molar-refractivity contribution in [3.8, 4) is 0 Å². The lowest BCUT2D eigenvalue weighted by molar-refractivity contribution is -0.141. The Balaban J connectivity index is 2.12. The molecule has 0 spiro atoms. The molecule has 2 fully saturated rings. The van der Waals surface area contributed by atoms with Crippen molar-refractivity contribution in [2.45, 2.75) is 37.6 Å². The van der Waals surface area contributed by atoms with Gasteiger partial charge in [0, 0.05) is 31.8 Å². The highest BCUT2D eigenvalue weighted by Gasteiger charge is 2.42. The molecule has 118 valence electrons. The van der Waals surface area contributed by atoms with Gasteiger partial charge >= 0.3 is 12.0 Å². The number of aliphatic carboxylic acids is 1. The number of urea groups is 1. The third-order valence-electron chi connectivity index (χ3n) is 3.72. The van der Waals surface area contributed by atoms with Crippen molar-refractivity contribution in [1.82, 2.24) is 15.1 Å². The highest BCUT2D eigenvalue weighted by Crippen LogP contribution is 2.33. The molecule has 0 aliphatic carbocycles. The number of amides is 3. The standard InChI is InChI=1S/C13H21N3O4S/c1-2-3-11-16(9(8-21-11)12(18)19)13(20)15-6-4-10(17)14-5-7-15/h9,11H,2-8H2,1H3,(H,14,17)(H,18,19). The average Bonchev–Trinajstić information content (AvgIpc) is 2.74. The Hall–Kier alpha value is -1.44. The number of carbonyl (C=O) groups excluding carboxylic acids is 2. The maximum Gasteiger partial charge on any atom is 0.327 e. The average molecular weight is 315 g/mol. The zero-order valence-corrected chi connectivity index (χ0v) is 12.9. The van der Waals surface area contributed by atoms with E-state index in [0.717, 1.165) is 12.8 Å². The number of rotatable bonds is 3. The van der Waals surface area contributed by atoms with Gasteiger partial charge in [0.2, 0.25) is 5.91 Å². The first-order valence-electron chi connectivity index (χ1n) is 7.23. The number of hydrogen-bond donors (Lipinski definition) is 2. The summed E-state index contributed by atoms with van der Waals surface area (Å²) in [6, 6.07) is -1.03. The molecule has 2 aliphatic rings. The molecule has 2 N–H and O–H groups in total. The Morgan fingerprint density at radius 3 is 2.86 bits per heavy atom. The van der Waals surface area contributed by atoms with Crippen LogP contribution in [0.1, 0.15) is 26.2 Å². The molecule has 0 bridgehead atoms. The monoisotopic (exact) mass is 315 g/mol. The van der Waals surface area contributed by atoms with Crippen molar-refractivity contribution >= 4 is 29.7 Å². The van der Waals surface area contributed by atoms with Gasteiger partial charge in [-0.3, -0.25) is 9.69 Å². The predicted molar refractivity (Wildman–Crippen MR) is 79.0 cm³/mol. The number of carboxylic acid groups (broad SMARTS) is 1. The van der Waals surface area contributed by atoms with E-state index in [9.17, 15) is 19.5 Å². The van der Waals surface area contributed by atoms with E-state index in [2.05, 4.69) is 5.32 Å². The van der Waals surface area contributed by atoms with Gasteiger partial charge in [0.1, 0.15) is 6.04 Å². The summed E-state index contributed by atoms with van der Waals surface area (Å²) in [7, 11) is 0. The first-order valence-corrected chi connectivity index (χ1v) is 8.27. The quantitative estimate of drug-likeness (QED) is 0.794. The lowest BCUT2D eigenvalue weighted by Crippen LogP contribution is -2.52. The number of hydrogen-bond acceptors (Lipinski definition) is 4. The van der Waals surface area contributed by atoms with E-state index >= 15 is 0 Å². The second-order valence-electron chi connectivity index (χ2n) is 5.21. The van der Waals surface area contributed by atoms with E-state index in [1.54, 1.807) is 4.90 Å². The van der Waals surface area contributed by atoms with Crippen molar-refractivity contribution in [1.29, 1.82) is 0 Å². The van der Waals surface area contributed by atoms with Crippen molar-refractivity contribution in [3.05, 3.63) is 0 Å². The second kappa shape index (κ2) is 7.02. The van der Waals surface area contributed by atoms with Gasteiger partial charge in [0.05, 0.1) is 5.37 Å². The fourth-order valence-corrected chi connectivity index (χ4v) is 4.11. The minimum Gasteiger partial charge on any atom is -0.480 e. The summed E-state index contributed by atoms with van der Waals surface area (Å²) < 4.78 is 0. The van der Waals surface area contributed by atoms with Gasteiger partial charge in [-0.2, -0.15) is 0 Å². The summed E-state index contributed by atoms with van der Waals surface area (Å²) in [6.45, 7) is 3.21. The van der Waals surface area contributed by atoms with Crippen LogP contribution in [0, 0.1) is 0 Å². The van der Waals surface area contributed by atoms with Gasteiger partial charge in [-0.25, -0.2) is 9.59 Å². The highest BCUT2D eigenvalue weighted by atomic mass is 32.2. The molecule has 0 radical (unpaired) electrons. The van der Waals surface area contributed by atoms with Crippen LogP contribution in [0.3, 0.4) is 0 Å². The molecule has 0 aromatic rings. The number of carbonyl (C=O) groups is 3. The van der Waals surface area contributed by atoms with E-state index in [1.165, 1.54) is 16.7 Å². The van der Waals surface area contributed by atoms with E-state index in [-0.39, 0.29) is 23.7 Å². The summed E-state index contributed by atoms with van der Waals surface area (Å²) in [6.07, 6.45) is 1.95. The first-order chi connectivity index (χ1) is 10.0. The maximum absolute atomic E-state index is 12.7. The van der Waals surface area contributed by atoms with Crippen molar-refractivity contribution in [2.24, 2.45) is 0 Å². The lowest BCUT2D eigenvalue weighted by atomic mass is 10.2. The van der Waals surface area contributed by atoms with Gasteiger partial charge in [0.15, 0.2) is 0 Å². The first kappa shape index (κ1) is 15.9. The highest BCUT2D eigenvalue weighted by molar-refractivity contribution is 8.00. The van der Waals surface area contributed by atoms with E-state index < -0.39 is 12.0 Å². The van der Waals surface area contributed by atoms with Gasteiger partial charge in [0.25, 0.3) is 0 Å². The molecule has 21 heavy (non-hydrogen) atoms. The molecular weight excluding hydrogens is 294 g/mol. The summed E-state index contributed by atoms with van der Waals surface area (Å²) in [5.74, 6) is -0.601. The van der Waals surface area contributed by atoms with Crippen molar-refractivity contribution < 1.29 is 19.5 Å². The van der Waals surface area contributed by atoms with Crippen LogP contribution in [-0.2, 0) is 9.59 Å². The Morgan fingerprint density at radius 1 is 1.43 bits per heavy atom. The predicted octanol–water partition coefficient (Wildman–Crippen LogP) is 0.556. The molecule has 0 aromatic carbocycles. The molecule has 0 saturated carbocycles. The van der Waals surface area contributed by atoms with Gasteiger partial charge in [-0.15, -0.1) is 11.8 Å². The summed E-state index contributed by atoms with van der Waals surface area (Å²) in [5, 5.41) is 12.0. The van der Waals surface area contributed by atoms with Crippen LogP contribution >= 0.6 is 11.8 Å². The molecule has 2 saturated heterocycles. The van der Waals surface area contributed by atoms with Gasteiger partial charge in [-0.1, -0.05) is 13.3 Å². The molecule has 2 atom stereocenters. The fraction of sp³-hybridized carbons (Fsp3) is 0.769. The molecule has 8 heteroatoms. The van der Waals surface area contributed by atoms with Crippen LogP contribution < -0.4 is 5.32 Å². The van der Waals surface area contributed by atoms with E-state index in [0.29, 0.717) is 25.4 Å². The van der Waals surface area contributed by atoms with E-state index in [1.807, 2.05) is 6.92 Å². The fourth-order valence-electron chi connectivity index (χ4n) is 2.60. The topological polar surface area (TPSA) is 89.9 Å². The molecular formula is C13H21N3O4S. The van der Waals surface area contributed by atoms with Crippen molar-refractivity contribution in [3.63, 3.8) is 0 Å². The summed E-state index contributed by atoms with van der Waals surface area (Å²) in [4.78, 5) is 38.5. The molecule has 2 aliphatic heterocycles. The summed E-state index contributed by atoms with van der Waals surface area (Å²) >= 11 is 1.52.